The molecule has 0 radical (unpaired) electrons. The number of benzene rings is 1. The number of thiophene rings is 1. The molecule has 1 aliphatic heterocycles. The van der Waals surface area contributed by atoms with Crippen LogP contribution in [0.3, 0.4) is 0 Å². The zero-order valence-electron chi connectivity index (χ0n) is 18.1. The second-order valence-electron chi connectivity index (χ2n) is 7.68. The number of rotatable bonds is 7. The van der Waals surface area contributed by atoms with Crippen molar-refractivity contribution in [3.05, 3.63) is 64.4 Å². The van der Waals surface area contributed by atoms with E-state index in [0.717, 1.165) is 58.4 Å². The summed E-state index contributed by atoms with van der Waals surface area (Å²) in [7, 11) is 3.36. The summed E-state index contributed by atoms with van der Waals surface area (Å²) in [5, 5.41) is 3.91. The van der Waals surface area contributed by atoms with Gasteiger partial charge in [0.1, 0.15) is 16.5 Å². The lowest BCUT2D eigenvalue weighted by Crippen LogP contribution is -2.34. The molecule has 3 aromatic rings. The lowest BCUT2D eigenvalue weighted by molar-refractivity contribution is 0.0996. The van der Waals surface area contributed by atoms with Gasteiger partial charge in [0.2, 0.25) is 0 Å². The quantitative estimate of drug-likeness (QED) is 0.526. The number of hydrogen-bond acceptors (Lipinski definition) is 6. The normalized spacial score (nSPS) is 15.5. The first-order valence-corrected chi connectivity index (χ1v) is 11.3. The van der Waals surface area contributed by atoms with E-state index in [0.29, 0.717) is 5.76 Å². The first-order valence-electron chi connectivity index (χ1n) is 10.5. The average molecular weight is 441 g/mol. The van der Waals surface area contributed by atoms with Crippen LogP contribution in [0.4, 0.5) is 5.00 Å². The number of methoxy groups -OCH3 is 2. The van der Waals surface area contributed by atoms with Crippen LogP contribution in [0.1, 0.15) is 51.9 Å². The summed E-state index contributed by atoms with van der Waals surface area (Å²) in [6, 6.07) is 11.4. The van der Waals surface area contributed by atoms with Crippen LogP contribution in [0.15, 0.2) is 47.1 Å². The Kier molecular flexibility index (Phi) is 6.63. The SMILES string of the molecule is COc1ccc(OC)c(C(c2cc(C)sc2NC(=O)c2ccco2)N2CCCCC2)c1. The number of likely N-dealkylation sites (tertiary alicyclic amines) is 1. The largest absolute Gasteiger partial charge is 0.497 e. The second kappa shape index (κ2) is 9.58. The zero-order valence-corrected chi connectivity index (χ0v) is 19.0. The summed E-state index contributed by atoms with van der Waals surface area (Å²) in [5.41, 5.74) is 2.10. The van der Waals surface area contributed by atoms with Crippen LogP contribution < -0.4 is 14.8 Å². The number of anilines is 1. The molecule has 164 valence electrons. The van der Waals surface area contributed by atoms with E-state index in [4.69, 9.17) is 13.9 Å². The molecule has 7 heteroatoms. The highest BCUT2D eigenvalue weighted by atomic mass is 32.1. The maximum Gasteiger partial charge on any atom is 0.291 e. The molecule has 1 unspecified atom stereocenters. The van der Waals surface area contributed by atoms with E-state index in [1.165, 1.54) is 12.7 Å². The molecule has 1 aliphatic rings. The Labute approximate surface area is 186 Å². The first kappa shape index (κ1) is 21.5. The maximum absolute atomic E-state index is 12.7. The van der Waals surface area contributed by atoms with Crippen LogP contribution in [0.2, 0.25) is 0 Å². The smallest absolute Gasteiger partial charge is 0.291 e. The molecule has 1 saturated heterocycles. The number of ether oxygens (including phenoxy) is 2. The van der Waals surface area contributed by atoms with Gasteiger partial charge in [0, 0.05) is 16.0 Å². The molecule has 0 spiro atoms. The molecule has 0 saturated carbocycles. The fraction of sp³-hybridized carbons (Fsp3) is 0.375. The zero-order chi connectivity index (χ0) is 21.8. The van der Waals surface area contributed by atoms with Crippen molar-refractivity contribution in [3.8, 4) is 11.5 Å². The molecule has 1 aromatic carbocycles. The third-order valence-electron chi connectivity index (χ3n) is 5.64. The van der Waals surface area contributed by atoms with Crippen molar-refractivity contribution in [3.63, 3.8) is 0 Å². The molecular formula is C24H28N2O4S. The van der Waals surface area contributed by atoms with E-state index >= 15 is 0 Å². The van der Waals surface area contributed by atoms with E-state index < -0.39 is 0 Å². The third-order valence-corrected chi connectivity index (χ3v) is 6.62. The number of aryl methyl sites for hydroxylation is 1. The van der Waals surface area contributed by atoms with Gasteiger partial charge in [-0.25, -0.2) is 0 Å². The van der Waals surface area contributed by atoms with Crippen LogP contribution in [0, 0.1) is 6.92 Å². The Morgan fingerprint density at radius 3 is 2.58 bits per heavy atom. The minimum Gasteiger partial charge on any atom is -0.497 e. The molecule has 1 atom stereocenters. The summed E-state index contributed by atoms with van der Waals surface area (Å²) < 4.78 is 16.6. The van der Waals surface area contributed by atoms with Crippen molar-refractivity contribution >= 4 is 22.2 Å². The first-order chi connectivity index (χ1) is 15.1. The number of hydrogen-bond donors (Lipinski definition) is 1. The Bertz CT molecular complexity index is 1020. The average Bonchev–Trinajstić information content (AvgIpc) is 3.45. The molecule has 2 aromatic heterocycles. The number of carbonyl (C=O) groups is 1. The van der Waals surface area contributed by atoms with Crippen LogP contribution in [-0.4, -0.2) is 38.1 Å². The molecular weight excluding hydrogens is 412 g/mol. The topological polar surface area (TPSA) is 63.9 Å². The monoisotopic (exact) mass is 440 g/mol. The Morgan fingerprint density at radius 2 is 1.90 bits per heavy atom. The third kappa shape index (κ3) is 4.62. The van der Waals surface area contributed by atoms with E-state index in [-0.39, 0.29) is 11.9 Å². The van der Waals surface area contributed by atoms with E-state index in [2.05, 4.69) is 23.2 Å². The van der Waals surface area contributed by atoms with Gasteiger partial charge in [0.05, 0.1) is 26.5 Å². The highest BCUT2D eigenvalue weighted by Crippen LogP contribution is 2.43. The van der Waals surface area contributed by atoms with Crippen molar-refractivity contribution < 1.29 is 18.7 Å². The summed E-state index contributed by atoms with van der Waals surface area (Å²) in [6.45, 7) is 4.05. The molecule has 1 amide bonds. The summed E-state index contributed by atoms with van der Waals surface area (Å²) >= 11 is 1.58. The highest BCUT2D eigenvalue weighted by molar-refractivity contribution is 7.16. The summed E-state index contributed by atoms with van der Waals surface area (Å²) in [5.74, 6) is 1.64. The minimum atomic E-state index is -0.247. The molecule has 1 fully saturated rings. The van der Waals surface area contributed by atoms with Gasteiger partial charge < -0.3 is 19.2 Å². The fourth-order valence-electron chi connectivity index (χ4n) is 4.20. The van der Waals surface area contributed by atoms with Gasteiger partial charge in [0.25, 0.3) is 5.91 Å². The number of furan rings is 1. The maximum atomic E-state index is 12.7. The van der Waals surface area contributed by atoms with Gasteiger partial charge in [-0.2, -0.15) is 0 Å². The Morgan fingerprint density at radius 1 is 1.10 bits per heavy atom. The number of amides is 1. The highest BCUT2D eigenvalue weighted by Gasteiger charge is 2.31. The van der Waals surface area contributed by atoms with Crippen molar-refractivity contribution in [2.45, 2.75) is 32.2 Å². The molecule has 6 nitrogen and oxygen atoms in total. The van der Waals surface area contributed by atoms with Crippen molar-refractivity contribution in [1.29, 1.82) is 0 Å². The van der Waals surface area contributed by atoms with Crippen molar-refractivity contribution in [2.24, 2.45) is 0 Å². The van der Waals surface area contributed by atoms with Gasteiger partial charge >= 0.3 is 0 Å². The predicted molar refractivity (Wildman–Crippen MR) is 123 cm³/mol. The van der Waals surface area contributed by atoms with Crippen LogP contribution >= 0.6 is 11.3 Å². The summed E-state index contributed by atoms with van der Waals surface area (Å²) in [6.07, 6.45) is 5.05. The number of nitrogens with zero attached hydrogens (tertiary/aromatic N) is 1. The summed E-state index contributed by atoms with van der Waals surface area (Å²) in [4.78, 5) is 16.3. The fourth-order valence-corrected chi connectivity index (χ4v) is 5.14. The lowest BCUT2D eigenvalue weighted by atomic mass is 9.95. The molecule has 31 heavy (non-hydrogen) atoms. The molecule has 3 heterocycles. The molecule has 4 rings (SSSR count). The molecule has 1 N–H and O–H groups in total. The van der Waals surface area contributed by atoms with Gasteiger partial charge in [-0.1, -0.05) is 6.42 Å². The van der Waals surface area contributed by atoms with E-state index in [1.54, 1.807) is 37.7 Å². The van der Waals surface area contributed by atoms with Gasteiger partial charge in [-0.05, 0) is 69.3 Å². The van der Waals surface area contributed by atoms with Crippen LogP contribution in [-0.2, 0) is 0 Å². The van der Waals surface area contributed by atoms with Crippen LogP contribution in [0.25, 0.3) is 0 Å². The van der Waals surface area contributed by atoms with E-state index in [1.807, 2.05) is 18.2 Å². The molecule has 0 bridgehead atoms. The van der Waals surface area contributed by atoms with Gasteiger partial charge in [0.15, 0.2) is 5.76 Å². The lowest BCUT2D eigenvalue weighted by Gasteiger charge is -2.36. The second-order valence-corrected chi connectivity index (χ2v) is 8.94. The number of nitrogens with one attached hydrogen (secondary N) is 1. The molecule has 0 aliphatic carbocycles. The minimum absolute atomic E-state index is 0.0535. The number of piperidine rings is 1. The predicted octanol–water partition coefficient (Wildman–Crippen LogP) is 5.49. The number of carbonyl (C=O) groups excluding carboxylic acids is 1. The Balaban J connectivity index is 1.79. The van der Waals surface area contributed by atoms with E-state index in [9.17, 15) is 4.79 Å². The van der Waals surface area contributed by atoms with Crippen molar-refractivity contribution in [2.75, 3.05) is 32.6 Å². The van der Waals surface area contributed by atoms with Gasteiger partial charge in [-0.3, -0.25) is 9.69 Å². The van der Waals surface area contributed by atoms with Crippen LogP contribution in [0.5, 0.6) is 11.5 Å². The standard InChI is InChI=1S/C24H28N2O4S/c1-16-14-19(24(31-16)25-23(27)21-8-7-13-30-21)22(26-11-5-4-6-12-26)18-15-17(28-2)9-10-20(18)29-3/h7-10,13-15,22H,4-6,11-12H2,1-3H3,(H,25,27). The van der Waals surface area contributed by atoms with Gasteiger partial charge in [-0.15, -0.1) is 11.3 Å². The van der Waals surface area contributed by atoms with Crippen molar-refractivity contribution in [1.82, 2.24) is 4.90 Å². The Hall–Kier alpha value is -2.77.